The summed E-state index contributed by atoms with van der Waals surface area (Å²) in [7, 11) is 3.35. The lowest BCUT2D eigenvalue weighted by Crippen LogP contribution is -2.24. The van der Waals surface area contributed by atoms with E-state index in [4.69, 9.17) is 15.2 Å². The van der Waals surface area contributed by atoms with Crippen molar-refractivity contribution in [3.05, 3.63) is 53.6 Å². The highest BCUT2D eigenvalue weighted by Crippen LogP contribution is 2.34. The number of anilines is 1. The van der Waals surface area contributed by atoms with Crippen LogP contribution in [0.4, 0.5) is 5.69 Å². The minimum atomic E-state index is 0.403. The number of benzene rings is 2. The van der Waals surface area contributed by atoms with Gasteiger partial charge in [0, 0.05) is 24.2 Å². The van der Waals surface area contributed by atoms with Gasteiger partial charge in [-0.15, -0.1) is 0 Å². The van der Waals surface area contributed by atoms with Crippen molar-refractivity contribution in [1.29, 1.82) is 0 Å². The molecule has 1 aliphatic carbocycles. The van der Waals surface area contributed by atoms with E-state index >= 15 is 0 Å². The van der Waals surface area contributed by atoms with Crippen LogP contribution in [0.25, 0.3) is 0 Å². The molecule has 132 valence electrons. The van der Waals surface area contributed by atoms with E-state index in [2.05, 4.69) is 22.4 Å². The van der Waals surface area contributed by atoms with E-state index < -0.39 is 0 Å². The van der Waals surface area contributed by atoms with Gasteiger partial charge in [-0.2, -0.15) is 0 Å². The number of fused-ring (bicyclic) bond motifs is 1. The molecule has 0 saturated carbocycles. The van der Waals surface area contributed by atoms with Crippen LogP contribution in [0.5, 0.6) is 11.5 Å². The van der Waals surface area contributed by atoms with Gasteiger partial charge in [0.25, 0.3) is 0 Å². The number of aliphatic imine (C=N–C) groups is 1. The van der Waals surface area contributed by atoms with E-state index in [1.165, 1.54) is 17.5 Å². The fraction of sp³-hybridized carbons (Fsp3) is 0.350. The molecule has 25 heavy (non-hydrogen) atoms. The Balaban J connectivity index is 1.67. The fourth-order valence-corrected chi connectivity index (χ4v) is 3.30. The number of hydrogen-bond acceptors (Lipinski definition) is 3. The SMILES string of the molecule is COc1cccc(NC(N)=NCC2CCCc3cc(OC)ccc32)c1. The van der Waals surface area contributed by atoms with E-state index in [1.807, 2.05) is 30.3 Å². The third-order valence-corrected chi connectivity index (χ3v) is 4.61. The van der Waals surface area contributed by atoms with Crippen molar-refractivity contribution in [2.75, 3.05) is 26.1 Å². The molecule has 3 rings (SSSR count). The summed E-state index contributed by atoms with van der Waals surface area (Å²) in [6.45, 7) is 0.683. The van der Waals surface area contributed by atoms with Crippen molar-refractivity contribution in [3.8, 4) is 11.5 Å². The average molecular weight is 339 g/mol. The molecule has 0 bridgehead atoms. The topological polar surface area (TPSA) is 68.9 Å². The monoisotopic (exact) mass is 339 g/mol. The molecule has 3 N–H and O–H groups in total. The van der Waals surface area contributed by atoms with E-state index in [1.54, 1.807) is 14.2 Å². The molecule has 2 aromatic carbocycles. The molecule has 2 aromatic rings. The molecule has 0 amide bonds. The maximum absolute atomic E-state index is 6.06. The highest BCUT2D eigenvalue weighted by molar-refractivity contribution is 5.92. The van der Waals surface area contributed by atoms with Crippen LogP contribution in [0.1, 0.15) is 29.9 Å². The molecule has 0 fully saturated rings. The molecule has 0 aliphatic heterocycles. The largest absolute Gasteiger partial charge is 0.497 e. The second kappa shape index (κ2) is 7.92. The molecule has 5 nitrogen and oxygen atoms in total. The van der Waals surface area contributed by atoms with Crippen LogP contribution in [0.15, 0.2) is 47.5 Å². The quantitative estimate of drug-likeness (QED) is 0.646. The number of ether oxygens (including phenoxy) is 2. The lowest BCUT2D eigenvalue weighted by Gasteiger charge is -2.24. The highest BCUT2D eigenvalue weighted by Gasteiger charge is 2.20. The summed E-state index contributed by atoms with van der Waals surface area (Å²) in [5.74, 6) is 2.53. The summed E-state index contributed by atoms with van der Waals surface area (Å²) in [6.07, 6.45) is 3.41. The zero-order valence-corrected chi connectivity index (χ0v) is 14.8. The van der Waals surface area contributed by atoms with Crippen molar-refractivity contribution < 1.29 is 9.47 Å². The molecule has 5 heteroatoms. The number of rotatable bonds is 5. The number of nitrogens with two attached hydrogens (primary N) is 1. The number of nitrogens with one attached hydrogen (secondary N) is 1. The van der Waals surface area contributed by atoms with E-state index in [0.717, 1.165) is 30.0 Å². The first kappa shape index (κ1) is 17.1. The van der Waals surface area contributed by atoms with E-state index in [-0.39, 0.29) is 0 Å². The summed E-state index contributed by atoms with van der Waals surface area (Å²) < 4.78 is 10.5. The van der Waals surface area contributed by atoms with Gasteiger partial charge in [0.2, 0.25) is 0 Å². The Morgan fingerprint density at radius 3 is 2.76 bits per heavy atom. The van der Waals surface area contributed by atoms with Crippen LogP contribution < -0.4 is 20.5 Å². The zero-order valence-electron chi connectivity index (χ0n) is 14.8. The number of guanidine groups is 1. The molecule has 0 saturated heterocycles. The van der Waals surface area contributed by atoms with Gasteiger partial charge in [-0.05, 0) is 54.7 Å². The van der Waals surface area contributed by atoms with Crippen molar-refractivity contribution in [3.63, 3.8) is 0 Å². The number of hydrogen-bond donors (Lipinski definition) is 2. The Hall–Kier alpha value is -2.69. The predicted molar refractivity (Wildman–Crippen MR) is 102 cm³/mol. The molecular formula is C20H25N3O2. The van der Waals surface area contributed by atoms with Crippen molar-refractivity contribution in [2.45, 2.75) is 25.2 Å². The lowest BCUT2D eigenvalue weighted by molar-refractivity contribution is 0.413. The van der Waals surface area contributed by atoms with Gasteiger partial charge in [-0.1, -0.05) is 12.1 Å². The highest BCUT2D eigenvalue weighted by atomic mass is 16.5. The third-order valence-electron chi connectivity index (χ3n) is 4.61. The van der Waals surface area contributed by atoms with Gasteiger partial charge in [0.05, 0.1) is 14.2 Å². The smallest absolute Gasteiger partial charge is 0.193 e. The van der Waals surface area contributed by atoms with Gasteiger partial charge >= 0.3 is 0 Å². The van der Waals surface area contributed by atoms with Crippen molar-refractivity contribution in [1.82, 2.24) is 0 Å². The Labute approximate surface area is 148 Å². The molecule has 1 unspecified atom stereocenters. The maximum atomic E-state index is 6.06. The Morgan fingerprint density at radius 2 is 1.96 bits per heavy atom. The first-order valence-electron chi connectivity index (χ1n) is 8.57. The molecule has 1 aliphatic rings. The van der Waals surface area contributed by atoms with E-state index in [9.17, 15) is 0 Å². The Morgan fingerprint density at radius 1 is 1.16 bits per heavy atom. The fourth-order valence-electron chi connectivity index (χ4n) is 3.30. The third kappa shape index (κ3) is 4.24. The second-order valence-corrected chi connectivity index (χ2v) is 6.24. The van der Waals surface area contributed by atoms with Crippen LogP contribution in [0, 0.1) is 0 Å². The zero-order chi connectivity index (χ0) is 17.6. The Bertz CT molecular complexity index is 758. The van der Waals surface area contributed by atoms with Gasteiger partial charge in [0.15, 0.2) is 5.96 Å². The normalized spacial score (nSPS) is 16.9. The number of methoxy groups -OCH3 is 2. The Kier molecular flexibility index (Phi) is 5.43. The van der Waals surface area contributed by atoms with Crippen LogP contribution >= 0.6 is 0 Å². The van der Waals surface area contributed by atoms with E-state index in [0.29, 0.717) is 18.4 Å². The lowest BCUT2D eigenvalue weighted by atomic mass is 9.83. The van der Waals surface area contributed by atoms with Crippen LogP contribution in [-0.2, 0) is 6.42 Å². The van der Waals surface area contributed by atoms with Crippen molar-refractivity contribution in [2.24, 2.45) is 10.7 Å². The minimum absolute atomic E-state index is 0.403. The average Bonchev–Trinajstić information content (AvgIpc) is 2.65. The first-order valence-corrected chi connectivity index (χ1v) is 8.57. The number of aryl methyl sites for hydroxylation is 1. The summed E-state index contributed by atoms with van der Waals surface area (Å²) in [5.41, 5.74) is 9.66. The second-order valence-electron chi connectivity index (χ2n) is 6.24. The number of nitrogens with zero attached hydrogens (tertiary/aromatic N) is 1. The summed E-state index contributed by atoms with van der Waals surface area (Å²) >= 11 is 0. The van der Waals surface area contributed by atoms with Crippen LogP contribution in [0.3, 0.4) is 0 Å². The van der Waals surface area contributed by atoms with Crippen LogP contribution in [-0.4, -0.2) is 26.7 Å². The van der Waals surface area contributed by atoms with Gasteiger partial charge < -0.3 is 20.5 Å². The standard InChI is InChI=1S/C20H25N3O2/c1-24-17-8-4-7-16(12-17)23-20(21)22-13-15-6-3-5-14-11-18(25-2)9-10-19(14)15/h4,7-12,15H,3,5-6,13H2,1-2H3,(H3,21,22,23). The molecule has 0 heterocycles. The summed E-state index contributed by atoms with van der Waals surface area (Å²) in [6, 6.07) is 14.0. The minimum Gasteiger partial charge on any atom is -0.497 e. The first-order chi connectivity index (χ1) is 12.2. The van der Waals surface area contributed by atoms with Gasteiger partial charge in [-0.25, -0.2) is 0 Å². The molecule has 0 aromatic heterocycles. The summed E-state index contributed by atoms with van der Waals surface area (Å²) in [5, 5.41) is 3.13. The molecule has 0 spiro atoms. The molecule has 1 atom stereocenters. The predicted octanol–water partition coefficient (Wildman–Crippen LogP) is 3.55. The van der Waals surface area contributed by atoms with Gasteiger partial charge in [-0.3, -0.25) is 4.99 Å². The summed E-state index contributed by atoms with van der Waals surface area (Å²) in [4.78, 5) is 4.55. The van der Waals surface area contributed by atoms with Crippen molar-refractivity contribution >= 4 is 11.6 Å². The maximum Gasteiger partial charge on any atom is 0.193 e. The van der Waals surface area contributed by atoms with Crippen LogP contribution in [0.2, 0.25) is 0 Å². The molecular weight excluding hydrogens is 314 g/mol. The molecule has 0 radical (unpaired) electrons. The van der Waals surface area contributed by atoms with Gasteiger partial charge in [0.1, 0.15) is 11.5 Å².